The number of hydrogen-bond donors (Lipinski definition) is 0. The molecular weight excluding hydrogens is 294 g/mol. The van der Waals surface area contributed by atoms with Crippen molar-refractivity contribution in [1.29, 1.82) is 0 Å². The summed E-state index contributed by atoms with van der Waals surface area (Å²) in [6.45, 7) is 4.00. The molecule has 1 aromatic carbocycles. The van der Waals surface area contributed by atoms with Crippen molar-refractivity contribution in [1.82, 2.24) is 4.90 Å². The number of likely N-dealkylation sites (N-methyl/N-ethyl adjacent to an activating group) is 1. The highest BCUT2D eigenvalue weighted by molar-refractivity contribution is 6.04. The van der Waals surface area contributed by atoms with E-state index in [1.807, 2.05) is 26.1 Å². The van der Waals surface area contributed by atoms with Gasteiger partial charge in [0.05, 0.1) is 24.5 Å². The van der Waals surface area contributed by atoms with Crippen LogP contribution in [0.3, 0.4) is 0 Å². The number of carbonyl (C=O) groups is 2. The van der Waals surface area contributed by atoms with Gasteiger partial charge in [0, 0.05) is 32.1 Å². The van der Waals surface area contributed by atoms with Gasteiger partial charge in [-0.3, -0.25) is 4.79 Å². The van der Waals surface area contributed by atoms with E-state index in [4.69, 9.17) is 4.74 Å². The Morgan fingerprint density at radius 1 is 1.39 bits per heavy atom. The molecule has 4 rings (SSSR count). The van der Waals surface area contributed by atoms with E-state index < -0.39 is 0 Å². The summed E-state index contributed by atoms with van der Waals surface area (Å²) in [5, 5.41) is 0. The quantitative estimate of drug-likeness (QED) is 0.793. The molecule has 2 amide bonds. The minimum Gasteiger partial charge on any atom is -0.450 e. The topological polar surface area (TPSA) is 53.1 Å². The van der Waals surface area contributed by atoms with E-state index in [-0.39, 0.29) is 17.9 Å². The predicted molar refractivity (Wildman–Crippen MR) is 86.9 cm³/mol. The second kappa shape index (κ2) is 5.15. The molecule has 0 saturated carbocycles. The standard InChI is InChI=1S/C17H21N3O3/c1-3-23-17(22)19-8-7-13-12(9-19)11-5-4-6-14-16(11)20(13)10-15(21)18(14)2/h4-6,12-13H,3,7-10H2,1-2H3/t12-,13-/m0/s1. The molecule has 6 heteroatoms. The molecule has 1 aromatic rings. The molecule has 0 N–H and O–H groups in total. The summed E-state index contributed by atoms with van der Waals surface area (Å²) in [6.07, 6.45) is 0.638. The molecule has 3 aliphatic rings. The molecule has 1 fully saturated rings. The van der Waals surface area contributed by atoms with Gasteiger partial charge in [0.25, 0.3) is 0 Å². The maximum absolute atomic E-state index is 12.3. The van der Waals surface area contributed by atoms with E-state index in [2.05, 4.69) is 11.0 Å². The zero-order chi connectivity index (χ0) is 16.1. The van der Waals surface area contributed by atoms with E-state index in [1.165, 1.54) is 11.3 Å². The fourth-order valence-corrected chi connectivity index (χ4v) is 4.18. The maximum Gasteiger partial charge on any atom is 0.409 e. The molecule has 0 bridgehead atoms. The van der Waals surface area contributed by atoms with Crippen LogP contribution in [0.15, 0.2) is 18.2 Å². The van der Waals surface area contributed by atoms with Gasteiger partial charge in [-0.2, -0.15) is 0 Å². The van der Waals surface area contributed by atoms with Gasteiger partial charge in [-0.15, -0.1) is 0 Å². The molecule has 0 aliphatic carbocycles. The fourth-order valence-electron chi connectivity index (χ4n) is 4.18. The fraction of sp³-hybridized carbons (Fsp3) is 0.529. The summed E-state index contributed by atoms with van der Waals surface area (Å²) in [5.41, 5.74) is 3.41. The summed E-state index contributed by atoms with van der Waals surface area (Å²) < 4.78 is 5.15. The largest absolute Gasteiger partial charge is 0.450 e. The number of fused-ring (bicyclic) bond motifs is 3. The van der Waals surface area contributed by atoms with Crippen molar-refractivity contribution in [3.8, 4) is 0 Å². The number of rotatable bonds is 1. The van der Waals surface area contributed by atoms with Gasteiger partial charge in [0.2, 0.25) is 5.91 Å². The van der Waals surface area contributed by atoms with Crippen LogP contribution < -0.4 is 9.80 Å². The van der Waals surface area contributed by atoms with E-state index in [0.29, 0.717) is 32.3 Å². The lowest BCUT2D eigenvalue weighted by atomic mass is 9.89. The van der Waals surface area contributed by atoms with Crippen LogP contribution in [0.5, 0.6) is 0 Å². The number of benzene rings is 1. The third kappa shape index (κ3) is 2.00. The van der Waals surface area contributed by atoms with Crippen molar-refractivity contribution in [2.45, 2.75) is 25.3 Å². The Kier molecular flexibility index (Phi) is 3.21. The lowest BCUT2D eigenvalue weighted by Gasteiger charge is -2.40. The molecule has 2 atom stereocenters. The summed E-state index contributed by atoms with van der Waals surface area (Å²) in [5.74, 6) is 0.380. The second-order valence-electron chi connectivity index (χ2n) is 6.40. The first kappa shape index (κ1) is 14.4. The molecule has 0 unspecified atom stereocenters. The minimum absolute atomic E-state index is 0.128. The van der Waals surface area contributed by atoms with Crippen LogP contribution in [0.1, 0.15) is 24.8 Å². The maximum atomic E-state index is 12.3. The van der Waals surface area contributed by atoms with Crippen molar-refractivity contribution in [3.05, 3.63) is 23.8 Å². The van der Waals surface area contributed by atoms with Crippen LogP contribution in [0.2, 0.25) is 0 Å². The van der Waals surface area contributed by atoms with Crippen molar-refractivity contribution in [3.63, 3.8) is 0 Å². The molecule has 0 spiro atoms. The van der Waals surface area contributed by atoms with Crippen molar-refractivity contribution in [2.75, 3.05) is 43.1 Å². The molecule has 23 heavy (non-hydrogen) atoms. The Balaban J connectivity index is 1.69. The van der Waals surface area contributed by atoms with Gasteiger partial charge >= 0.3 is 6.09 Å². The third-order valence-corrected chi connectivity index (χ3v) is 5.28. The zero-order valence-corrected chi connectivity index (χ0v) is 13.5. The monoisotopic (exact) mass is 315 g/mol. The average molecular weight is 315 g/mol. The number of amides is 2. The van der Waals surface area contributed by atoms with Gasteiger partial charge < -0.3 is 19.4 Å². The number of ether oxygens (including phenoxy) is 1. The highest BCUT2D eigenvalue weighted by Gasteiger charge is 2.47. The SMILES string of the molecule is CCOC(=O)N1CC[C@H]2[C@@H](C1)c1cccc3c1N2CC(=O)N3C. The number of hydrogen-bond acceptors (Lipinski definition) is 4. The molecule has 1 saturated heterocycles. The Morgan fingerprint density at radius 3 is 3.00 bits per heavy atom. The average Bonchev–Trinajstić information content (AvgIpc) is 2.87. The summed E-state index contributed by atoms with van der Waals surface area (Å²) in [6, 6.07) is 6.44. The van der Waals surface area contributed by atoms with Gasteiger partial charge in [-0.1, -0.05) is 12.1 Å². The van der Waals surface area contributed by atoms with E-state index >= 15 is 0 Å². The Hall–Kier alpha value is -2.24. The van der Waals surface area contributed by atoms with Gasteiger partial charge in [0.1, 0.15) is 0 Å². The van der Waals surface area contributed by atoms with Crippen molar-refractivity contribution in [2.24, 2.45) is 0 Å². The molecule has 0 radical (unpaired) electrons. The summed E-state index contributed by atoms with van der Waals surface area (Å²) in [4.78, 5) is 30.1. The molecule has 6 nitrogen and oxygen atoms in total. The molecule has 0 aromatic heterocycles. The first-order valence-electron chi connectivity index (χ1n) is 8.19. The minimum atomic E-state index is -0.231. The van der Waals surface area contributed by atoms with E-state index in [9.17, 15) is 9.59 Å². The van der Waals surface area contributed by atoms with Gasteiger partial charge in [-0.25, -0.2) is 4.79 Å². The highest BCUT2D eigenvalue weighted by Crippen LogP contribution is 2.50. The van der Waals surface area contributed by atoms with E-state index in [0.717, 1.165) is 12.1 Å². The number of piperidine rings is 1. The normalized spacial score (nSPS) is 25.3. The lowest BCUT2D eigenvalue weighted by molar-refractivity contribution is -0.117. The lowest BCUT2D eigenvalue weighted by Crippen LogP contribution is -2.52. The number of nitrogens with zero attached hydrogens (tertiary/aromatic N) is 3. The van der Waals surface area contributed by atoms with Crippen LogP contribution in [-0.2, 0) is 9.53 Å². The first-order chi connectivity index (χ1) is 11.1. The van der Waals surface area contributed by atoms with Crippen LogP contribution >= 0.6 is 0 Å². The zero-order valence-electron chi connectivity index (χ0n) is 13.5. The molecule has 3 heterocycles. The Bertz CT molecular complexity index is 675. The van der Waals surface area contributed by atoms with Crippen LogP contribution in [0, 0.1) is 0 Å². The summed E-state index contributed by atoms with van der Waals surface area (Å²) >= 11 is 0. The van der Waals surface area contributed by atoms with E-state index in [1.54, 1.807) is 9.80 Å². The smallest absolute Gasteiger partial charge is 0.409 e. The van der Waals surface area contributed by atoms with Crippen LogP contribution in [0.25, 0.3) is 0 Å². The second-order valence-corrected chi connectivity index (χ2v) is 6.40. The van der Waals surface area contributed by atoms with Crippen molar-refractivity contribution >= 4 is 23.4 Å². The van der Waals surface area contributed by atoms with Gasteiger partial charge in [-0.05, 0) is 25.0 Å². The third-order valence-electron chi connectivity index (χ3n) is 5.28. The molecule has 122 valence electrons. The van der Waals surface area contributed by atoms with Crippen molar-refractivity contribution < 1.29 is 14.3 Å². The number of anilines is 2. The van der Waals surface area contributed by atoms with Gasteiger partial charge in [0.15, 0.2) is 0 Å². The summed E-state index contributed by atoms with van der Waals surface area (Å²) in [7, 11) is 1.84. The first-order valence-corrected chi connectivity index (χ1v) is 8.19. The number of carbonyl (C=O) groups excluding carboxylic acids is 2. The number of para-hydroxylation sites is 1. The Morgan fingerprint density at radius 2 is 2.22 bits per heavy atom. The molecular formula is C17H21N3O3. The molecule has 3 aliphatic heterocycles. The number of likely N-dealkylation sites (tertiary alicyclic amines) is 1. The Labute approximate surface area is 135 Å². The highest BCUT2D eigenvalue weighted by atomic mass is 16.6. The van der Waals surface area contributed by atoms with Crippen LogP contribution in [0.4, 0.5) is 16.2 Å². The van der Waals surface area contributed by atoms with Crippen LogP contribution in [-0.4, -0.2) is 56.2 Å². The predicted octanol–water partition coefficient (Wildman–Crippen LogP) is 1.80.